The standard InChI is InChI=1S/C22H18N4O6/c1-13-6-8-17(25(29)30)11-19(13)23-21(27)15-4-3-5-16(10-15)22(28)24-20-12-18(26(31)32)9-7-14(20)2/h3-12H,1-2H3,(H,23,27)(H,24,28). The van der Waals surface area contributed by atoms with Gasteiger partial charge in [-0.15, -0.1) is 0 Å². The summed E-state index contributed by atoms with van der Waals surface area (Å²) in [4.78, 5) is 46.2. The van der Waals surface area contributed by atoms with E-state index in [1.165, 1.54) is 60.7 Å². The lowest BCUT2D eigenvalue weighted by atomic mass is 10.1. The molecular formula is C22H18N4O6. The highest BCUT2D eigenvalue weighted by Gasteiger charge is 2.16. The van der Waals surface area contributed by atoms with Crippen LogP contribution in [0.5, 0.6) is 0 Å². The lowest BCUT2D eigenvalue weighted by molar-refractivity contribution is -0.385. The van der Waals surface area contributed by atoms with Gasteiger partial charge in [-0.05, 0) is 43.2 Å². The number of amides is 2. The van der Waals surface area contributed by atoms with Gasteiger partial charge in [0.25, 0.3) is 23.2 Å². The molecule has 3 aromatic rings. The van der Waals surface area contributed by atoms with E-state index in [2.05, 4.69) is 10.6 Å². The number of nitro benzene ring substituents is 2. The number of carbonyl (C=O) groups excluding carboxylic acids is 2. The van der Waals surface area contributed by atoms with Crippen LogP contribution in [-0.4, -0.2) is 21.7 Å². The third-order valence-electron chi connectivity index (χ3n) is 4.75. The molecule has 0 unspecified atom stereocenters. The number of carbonyl (C=O) groups is 2. The summed E-state index contributed by atoms with van der Waals surface area (Å²) in [5, 5.41) is 27.2. The molecule has 0 spiro atoms. The molecule has 0 fully saturated rings. The van der Waals surface area contributed by atoms with Crippen LogP contribution in [0.4, 0.5) is 22.7 Å². The maximum atomic E-state index is 12.7. The molecule has 0 aliphatic heterocycles. The first kappa shape index (κ1) is 22.1. The van der Waals surface area contributed by atoms with Gasteiger partial charge in [0.2, 0.25) is 0 Å². The summed E-state index contributed by atoms with van der Waals surface area (Å²) in [7, 11) is 0. The number of nitrogens with one attached hydrogen (secondary N) is 2. The van der Waals surface area contributed by atoms with Crippen LogP contribution in [0.2, 0.25) is 0 Å². The molecule has 3 aromatic carbocycles. The fourth-order valence-corrected chi connectivity index (χ4v) is 2.91. The number of non-ortho nitro benzene ring substituents is 2. The zero-order chi connectivity index (χ0) is 23.4. The van der Waals surface area contributed by atoms with Gasteiger partial charge in [-0.25, -0.2) is 0 Å². The Kier molecular flexibility index (Phi) is 6.24. The lowest BCUT2D eigenvalue weighted by Crippen LogP contribution is -2.16. The lowest BCUT2D eigenvalue weighted by Gasteiger charge is -2.11. The molecule has 3 rings (SSSR count). The summed E-state index contributed by atoms with van der Waals surface area (Å²) in [5.74, 6) is -1.09. The molecule has 32 heavy (non-hydrogen) atoms. The number of anilines is 2. The Labute approximate surface area is 182 Å². The van der Waals surface area contributed by atoms with E-state index in [1.54, 1.807) is 13.8 Å². The fourth-order valence-electron chi connectivity index (χ4n) is 2.91. The summed E-state index contributed by atoms with van der Waals surface area (Å²) in [6.45, 7) is 3.40. The van der Waals surface area contributed by atoms with Gasteiger partial charge in [0, 0.05) is 35.4 Å². The van der Waals surface area contributed by atoms with Crippen LogP contribution in [0.1, 0.15) is 31.8 Å². The Morgan fingerprint density at radius 1 is 0.688 bits per heavy atom. The summed E-state index contributed by atoms with van der Waals surface area (Å²) in [6, 6.07) is 14.1. The Morgan fingerprint density at radius 2 is 1.09 bits per heavy atom. The summed E-state index contributed by atoms with van der Waals surface area (Å²) in [5.41, 5.74) is 1.85. The molecular weight excluding hydrogens is 416 g/mol. The first-order valence-corrected chi connectivity index (χ1v) is 9.38. The highest BCUT2D eigenvalue weighted by molar-refractivity contribution is 6.09. The van der Waals surface area contributed by atoms with Crippen LogP contribution in [0, 0.1) is 34.1 Å². The van der Waals surface area contributed by atoms with Crippen LogP contribution in [-0.2, 0) is 0 Å². The predicted molar refractivity (Wildman–Crippen MR) is 118 cm³/mol. The number of aryl methyl sites for hydroxylation is 2. The highest BCUT2D eigenvalue weighted by Crippen LogP contribution is 2.24. The fraction of sp³-hybridized carbons (Fsp3) is 0.0909. The molecule has 2 amide bonds. The SMILES string of the molecule is Cc1ccc([N+](=O)[O-])cc1NC(=O)c1cccc(C(=O)Nc2cc([N+](=O)[O-])ccc2C)c1. The highest BCUT2D eigenvalue weighted by atomic mass is 16.6. The molecule has 2 N–H and O–H groups in total. The van der Waals surface area contributed by atoms with Gasteiger partial charge in [0.1, 0.15) is 0 Å². The van der Waals surface area contributed by atoms with Crippen molar-refractivity contribution in [2.75, 3.05) is 10.6 Å². The number of nitro groups is 2. The monoisotopic (exact) mass is 434 g/mol. The molecule has 10 nitrogen and oxygen atoms in total. The molecule has 0 saturated heterocycles. The second-order valence-corrected chi connectivity index (χ2v) is 7.00. The Balaban J connectivity index is 1.81. The van der Waals surface area contributed by atoms with E-state index in [1.807, 2.05) is 0 Å². The van der Waals surface area contributed by atoms with Crippen molar-refractivity contribution < 1.29 is 19.4 Å². The third-order valence-corrected chi connectivity index (χ3v) is 4.75. The van der Waals surface area contributed by atoms with Gasteiger partial charge in [0.15, 0.2) is 0 Å². The van der Waals surface area contributed by atoms with Crippen molar-refractivity contribution in [1.29, 1.82) is 0 Å². The number of nitrogens with zero attached hydrogens (tertiary/aromatic N) is 2. The van der Waals surface area contributed by atoms with E-state index >= 15 is 0 Å². The van der Waals surface area contributed by atoms with E-state index in [4.69, 9.17) is 0 Å². The second kappa shape index (κ2) is 9.04. The Bertz CT molecular complexity index is 1160. The minimum Gasteiger partial charge on any atom is -0.321 e. The van der Waals surface area contributed by atoms with Crippen molar-refractivity contribution in [2.45, 2.75) is 13.8 Å². The topological polar surface area (TPSA) is 144 Å². The van der Waals surface area contributed by atoms with Gasteiger partial charge >= 0.3 is 0 Å². The van der Waals surface area contributed by atoms with E-state index in [-0.39, 0.29) is 33.9 Å². The van der Waals surface area contributed by atoms with Gasteiger partial charge in [-0.3, -0.25) is 29.8 Å². The Morgan fingerprint density at radius 3 is 1.47 bits per heavy atom. The van der Waals surface area contributed by atoms with E-state index in [9.17, 15) is 29.8 Å². The molecule has 0 heterocycles. The predicted octanol–water partition coefficient (Wildman–Crippen LogP) is 4.62. The van der Waals surface area contributed by atoms with Crippen LogP contribution in [0.15, 0.2) is 60.7 Å². The van der Waals surface area contributed by atoms with Crippen molar-refractivity contribution in [3.05, 3.63) is 103 Å². The zero-order valence-corrected chi connectivity index (χ0v) is 17.1. The minimum absolute atomic E-state index is 0.161. The van der Waals surface area contributed by atoms with Crippen LogP contribution in [0.25, 0.3) is 0 Å². The van der Waals surface area contributed by atoms with E-state index in [0.29, 0.717) is 11.1 Å². The van der Waals surface area contributed by atoms with Gasteiger partial charge in [-0.2, -0.15) is 0 Å². The normalized spacial score (nSPS) is 10.3. The van der Waals surface area contributed by atoms with E-state index < -0.39 is 21.7 Å². The molecule has 0 aliphatic rings. The van der Waals surface area contributed by atoms with Gasteiger partial charge in [0.05, 0.1) is 21.2 Å². The van der Waals surface area contributed by atoms with Crippen LogP contribution in [0.3, 0.4) is 0 Å². The quantitative estimate of drug-likeness (QED) is 0.428. The molecule has 162 valence electrons. The minimum atomic E-state index is -0.560. The average molecular weight is 434 g/mol. The molecule has 0 bridgehead atoms. The second-order valence-electron chi connectivity index (χ2n) is 7.00. The van der Waals surface area contributed by atoms with Gasteiger partial charge < -0.3 is 10.6 Å². The van der Waals surface area contributed by atoms with Crippen molar-refractivity contribution in [3.63, 3.8) is 0 Å². The van der Waals surface area contributed by atoms with Crippen LogP contribution >= 0.6 is 0 Å². The van der Waals surface area contributed by atoms with Crippen molar-refractivity contribution in [3.8, 4) is 0 Å². The zero-order valence-electron chi connectivity index (χ0n) is 17.1. The molecule has 0 saturated carbocycles. The molecule has 0 atom stereocenters. The molecule has 0 aliphatic carbocycles. The van der Waals surface area contributed by atoms with Gasteiger partial charge in [-0.1, -0.05) is 18.2 Å². The van der Waals surface area contributed by atoms with Crippen molar-refractivity contribution >= 4 is 34.6 Å². The van der Waals surface area contributed by atoms with E-state index in [0.717, 1.165) is 0 Å². The van der Waals surface area contributed by atoms with Crippen LogP contribution < -0.4 is 10.6 Å². The first-order valence-electron chi connectivity index (χ1n) is 9.38. The van der Waals surface area contributed by atoms with Crippen molar-refractivity contribution in [1.82, 2.24) is 0 Å². The summed E-state index contributed by atoms with van der Waals surface area (Å²) < 4.78 is 0. The maximum Gasteiger partial charge on any atom is 0.271 e. The summed E-state index contributed by atoms with van der Waals surface area (Å²) in [6.07, 6.45) is 0. The molecule has 10 heteroatoms. The number of benzene rings is 3. The third kappa shape index (κ3) is 4.93. The number of hydrogen-bond donors (Lipinski definition) is 2. The first-order chi connectivity index (χ1) is 15.2. The number of hydrogen-bond acceptors (Lipinski definition) is 6. The van der Waals surface area contributed by atoms with Crippen molar-refractivity contribution in [2.24, 2.45) is 0 Å². The number of rotatable bonds is 6. The largest absolute Gasteiger partial charge is 0.321 e. The summed E-state index contributed by atoms with van der Waals surface area (Å²) >= 11 is 0. The molecule has 0 aromatic heterocycles. The molecule has 0 radical (unpaired) electrons. The maximum absolute atomic E-state index is 12.7. The smallest absolute Gasteiger partial charge is 0.271 e. The average Bonchev–Trinajstić information content (AvgIpc) is 2.76. The Hall–Kier alpha value is -4.60.